The summed E-state index contributed by atoms with van der Waals surface area (Å²) in [6.45, 7) is 11.2. The van der Waals surface area contributed by atoms with Gasteiger partial charge in [0.15, 0.2) is 0 Å². The summed E-state index contributed by atoms with van der Waals surface area (Å²) in [7, 11) is 0. The van der Waals surface area contributed by atoms with Crippen LogP contribution < -0.4 is 0 Å². The summed E-state index contributed by atoms with van der Waals surface area (Å²) in [5.41, 5.74) is 9.35. The second kappa shape index (κ2) is 10.7. The number of rotatable bonds is 9. The first-order chi connectivity index (χ1) is 15.0. The largest absolute Gasteiger partial charge is 0.392 e. The molecule has 0 aliphatic rings. The molecular weight excluding hydrogens is 378 g/mol. The van der Waals surface area contributed by atoms with Crippen molar-refractivity contribution in [3.05, 3.63) is 77.0 Å². The molecule has 0 bridgehead atoms. The molecule has 2 heteroatoms. The third-order valence-electron chi connectivity index (χ3n) is 6.10. The van der Waals surface area contributed by atoms with Gasteiger partial charge in [-0.05, 0) is 70.2 Å². The van der Waals surface area contributed by atoms with E-state index in [1.807, 2.05) is 12.3 Å². The Kier molecular flexibility index (Phi) is 8.03. The summed E-state index contributed by atoms with van der Waals surface area (Å²) in [6, 6.07) is 17.1. The van der Waals surface area contributed by atoms with Gasteiger partial charge in [-0.1, -0.05) is 83.9 Å². The highest BCUT2D eigenvalue weighted by atomic mass is 16.3. The molecule has 1 N–H and O–H groups in total. The van der Waals surface area contributed by atoms with Gasteiger partial charge in [-0.3, -0.25) is 4.98 Å². The minimum absolute atomic E-state index is 0.0260. The first-order valence-electron chi connectivity index (χ1n) is 11.8. The predicted molar refractivity (Wildman–Crippen MR) is 132 cm³/mol. The fourth-order valence-electron chi connectivity index (χ4n) is 4.49. The molecular formula is C29H37NO. The Hall–Kier alpha value is -2.45. The van der Waals surface area contributed by atoms with E-state index in [0.29, 0.717) is 5.92 Å². The monoisotopic (exact) mass is 415 g/mol. The summed E-state index contributed by atoms with van der Waals surface area (Å²) in [4.78, 5) is 4.91. The van der Waals surface area contributed by atoms with Crippen LogP contribution in [-0.4, -0.2) is 10.1 Å². The number of pyridine rings is 1. The highest BCUT2D eigenvalue weighted by molar-refractivity contribution is 5.80. The molecule has 0 saturated carbocycles. The normalized spacial score (nSPS) is 11.5. The van der Waals surface area contributed by atoms with E-state index in [1.165, 1.54) is 41.5 Å². The Morgan fingerprint density at radius 2 is 1.65 bits per heavy atom. The van der Waals surface area contributed by atoms with E-state index in [4.69, 9.17) is 4.98 Å². The fraction of sp³-hybridized carbons (Fsp3) is 0.414. The topological polar surface area (TPSA) is 33.1 Å². The van der Waals surface area contributed by atoms with Gasteiger partial charge in [0.2, 0.25) is 0 Å². The van der Waals surface area contributed by atoms with Crippen molar-refractivity contribution < 1.29 is 5.11 Å². The van der Waals surface area contributed by atoms with Gasteiger partial charge in [0.25, 0.3) is 0 Å². The first-order valence-corrected chi connectivity index (χ1v) is 11.8. The molecule has 3 aromatic rings. The van der Waals surface area contributed by atoms with Crippen LogP contribution in [-0.2, 0) is 13.0 Å². The van der Waals surface area contributed by atoms with Gasteiger partial charge in [-0.25, -0.2) is 0 Å². The fourth-order valence-corrected chi connectivity index (χ4v) is 4.49. The van der Waals surface area contributed by atoms with E-state index in [1.54, 1.807) is 0 Å². The van der Waals surface area contributed by atoms with Crippen LogP contribution in [0.2, 0.25) is 0 Å². The van der Waals surface area contributed by atoms with Crippen molar-refractivity contribution in [2.75, 3.05) is 0 Å². The van der Waals surface area contributed by atoms with E-state index in [-0.39, 0.29) is 12.5 Å². The molecule has 0 aliphatic heterocycles. The van der Waals surface area contributed by atoms with Crippen molar-refractivity contribution in [3.8, 4) is 22.4 Å². The summed E-state index contributed by atoms with van der Waals surface area (Å²) < 4.78 is 0. The third kappa shape index (κ3) is 5.25. The van der Waals surface area contributed by atoms with Crippen LogP contribution in [0, 0.1) is 0 Å². The first kappa shape index (κ1) is 23.2. The molecule has 1 aromatic heterocycles. The molecule has 1 heterocycles. The van der Waals surface area contributed by atoms with Crippen LogP contribution in [0.15, 0.2) is 54.7 Å². The number of hydrogen-bond donors (Lipinski definition) is 1. The minimum Gasteiger partial charge on any atom is -0.392 e. The lowest BCUT2D eigenvalue weighted by Gasteiger charge is -2.25. The Morgan fingerprint density at radius 1 is 0.903 bits per heavy atom. The van der Waals surface area contributed by atoms with E-state index in [9.17, 15) is 5.11 Å². The summed E-state index contributed by atoms with van der Waals surface area (Å²) >= 11 is 0. The Bertz CT molecular complexity index is 972. The molecule has 0 fully saturated rings. The smallest absolute Gasteiger partial charge is 0.0708 e. The number of aromatic nitrogens is 1. The van der Waals surface area contributed by atoms with Gasteiger partial charge < -0.3 is 5.11 Å². The van der Waals surface area contributed by atoms with Gasteiger partial charge in [-0.2, -0.15) is 0 Å². The van der Waals surface area contributed by atoms with Gasteiger partial charge >= 0.3 is 0 Å². The lowest BCUT2D eigenvalue weighted by Crippen LogP contribution is -2.08. The van der Waals surface area contributed by atoms with Crippen molar-refractivity contribution in [1.29, 1.82) is 0 Å². The summed E-state index contributed by atoms with van der Waals surface area (Å²) in [5, 5.41) is 10.5. The Labute approximate surface area is 188 Å². The van der Waals surface area contributed by atoms with Crippen LogP contribution in [0.4, 0.5) is 0 Å². The maximum atomic E-state index is 10.5. The number of unbranched alkanes of at least 4 members (excludes halogenated alkanes) is 2. The second-order valence-corrected chi connectivity index (χ2v) is 9.12. The molecule has 0 saturated heterocycles. The quantitative estimate of drug-likeness (QED) is 0.360. The van der Waals surface area contributed by atoms with Crippen LogP contribution in [0.5, 0.6) is 0 Å². The molecule has 2 nitrogen and oxygen atoms in total. The molecule has 0 unspecified atom stereocenters. The van der Waals surface area contributed by atoms with E-state index in [2.05, 4.69) is 77.1 Å². The maximum absolute atomic E-state index is 10.5. The lowest BCUT2D eigenvalue weighted by molar-refractivity contribution is 0.280. The van der Waals surface area contributed by atoms with Gasteiger partial charge in [0.1, 0.15) is 0 Å². The molecule has 0 atom stereocenters. The zero-order chi connectivity index (χ0) is 22.4. The van der Waals surface area contributed by atoms with Gasteiger partial charge in [0.05, 0.1) is 12.3 Å². The number of aryl methyl sites for hydroxylation is 1. The number of aliphatic hydroxyl groups excluding tert-OH is 1. The number of benzene rings is 2. The predicted octanol–water partition coefficient (Wildman–Crippen LogP) is 7.89. The van der Waals surface area contributed by atoms with Crippen LogP contribution in [0.1, 0.15) is 88.0 Å². The van der Waals surface area contributed by atoms with Gasteiger partial charge in [0, 0.05) is 11.8 Å². The molecule has 164 valence electrons. The lowest BCUT2D eigenvalue weighted by atomic mass is 9.80. The molecule has 31 heavy (non-hydrogen) atoms. The molecule has 2 aromatic carbocycles. The van der Waals surface area contributed by atoms with E-state index < -0.39 is 0 Å². The van der Waals surface area contributed by atoms with Gasteiger partial charge in [-0.15, -0.1) is 0 Å². The molecule has 0 amide bonds. The number of aliphatic hydroxyl groups is 1. The second-order valence-electron chi connectivity index (χ2n) is 9.12. The Morgan fingerprint density at radius 3 is 2.19 bits per heavy atom. The molecule has 0 spiro atoms. The van der Waals surface area contributed by atoms with Crippen molar-refractivity contribution >= 4 is 0 Å². The minimum atomic E-state index is 0.0260. The number of hydrogen-bond acceptors (Lipinski definition) is 2. The molecule has 0 radical (unpaired) electrons. The van der Waals surface area contributed by atoms with Crippen LogP contribution in [0.3, 0.4) is 0 Å². The van der Waals surface area contributed by atoms with E-state index in [0.717, 1.165) is 28.8 Å². The highest BCUT2D eigenvalue weighted by Crippen LogP contribution is 2.42. The standard InChI is InChI=1S/C29H37NO/c1-6-7-9-12-22-15-16-27(30-18-22)29-24(20(2)3)17-25(23-13-10-8-11-14-23)26(19-31)28(29)21(4)5/h8,10-11,13-18,20-21,31H,6-7,9,12,19H2,1-5H3. The SMILES string of the molecule is CCCCCc1ccc(-c2c(C(C)C)cc(-c3ccccc3)c(CO)c2C(C)C)nc1. The Balaban J connectivity index is 2.19. The van der Waals surface area contributed by atoms with E-state index >= 15 is 0 Å². The van der Waals surface area contributed by atoms with Crippen molar-refractivity contribution in [2.45, 2.75) is 78.7 Å². The van der Waals surface area contributed by atoms with Crippen LogP contribution in [0.25, 0.3) is 22.4 Å². The summed E-state index contributed by atoms with van der Waals surface area (Å²) in [5.74, 6) is 0.637. The van der Waals surface area contributed by atoms with Crippen molar-refractivity contribution in [2.24, 2.45) is 0 Å². The molecule has 3 rings (SSSR count). The average Bonchev–Trinajstić information content (AvgIpc) is 2.78. The zero-order valence-corrected chi connectivity index (χ0v) is 19.8. The highest BCUT2D eigenvalue weighted by Gasteiger charge is 2.23. The maximum Gasteiger partial charge on any atom is 0.0708 e. The summed E-state index contributed by atoms with van der Waals surface area (Å²) in [6.07, 6.45) is 6.84. The zero-order valence-electron chi connectivity index (χ0n) is 19.8. The number of nitrogens with zero attached hydrogens (tertiary/aromatic N) is 1. The van der Waals surface area contributed by atoms with Crippen molar-refractivity contribution in [1.82, 2.24) is 4.98 Å². The molecule has 0 aliphatic carbocycles. The van der Waals surface area contributed by atoms with Crippen molar-refractivity contribution in [3.63, 3.8) is 0 Å². The van der Waals surface area contributed by atoms with Crippen LogP contribution >= 0.6 is 0 Å². The average molecular weight is 416 g/mol. The third-order valence-corrected chi connectivity index (χ3v) is 6.10.